The number of halogens is 3. The fourth-order valence-corrected chi connectivity index (χ4v) is 6.53. The Morgan fingerprint density at radius 1 is 0.979 bits per heavy atom. The second-order valence-electron chi connectivity index (χ2n) is 11.7. The number of amides is 1. The molecule has 9 nitrogen and oxygen atoms in total. The van der Waals surface area contributed by atoms with Crippen LogP contribution in [-0.2, 0) is 22.6 Å². The van der Waals surface area contributed by atoms with Crippen LogP contribution < -0.4 is 26.0 Å². The first kappa shape index (κ1) is 33.1. The third-order valence-electron chi connectivity index (χ3n) is 8.55. The molecular weight excluding hydrogens is 642 g/mol. The monoisotopic (exact) mass is 678 g/mol. The number of pyridine rings is 2. The molecule has 2 saturated heterocycles. The van der Waals surface area contributed by atoms with E-state index in [9.17, 15) is 4.79 Å². The Kier molecular flexibility index (Phi) is 10.9. The average molecular weight is 680 g/mol. The molecule has 0 radical (unpaired) electrons. The predicted octanol–water partition coefficient (Wildman–Crippen LogP) is 6.65. The van der Waals surface area contributed by atoms with Crippen LogP contribution in [-0.4, -0.2) is 54.8 Å². The van der Waals surface area contributed by atoms with Crippen LogP contribution in [0.15, 0.2) is 60.9 Å². The summed E-state index contributed by atoms with van der Waals surface area (Å²) in [5.41, 5.74) is 4.68. The zero-order chi connectivity index (χ0) is 32.8. The van der Waals surface area contributed by atoms with E-state index in [0.717, 1.165) is 30.4 Å². The lowest BCUT2D eigenvalue weighted by molar-refractivity contribution is -0.119. The van der Waals surface area contributed by atoms with Crippen LogP contribution in [0.4, 0.5) is 15.9 Å². The van der Waals surface area contributed by atoms with E-state index in [1.165, 1.54) is 0 Å². The number of aromatic nitrogens is 2. The summed E-state index contributed by atoms with van der Waals surface area (Å²) in [6.45, 7) is 3.08. The van der Waals surface area contributed by atoms with Gasteiger partial charge in [0.25, 0.3) is 0 Å². The van der Waals surface area contributed by atoms with E-state index in [-0.39, 0.29) is 17.8 Å². The summed E-state index contributed by atoms with van der Waals surface area (Å²) < 4.78 is 26.6. The molecule has 4 N–H and O–H groups in total. The Morgan fingerprint density at radius 2 is 1.79 bits per heavy atom. The van der Waals surface area contributed by atoms with Gasteiger partial charge in [0, 0.05) is 91.6 Å². The largest absolute Gasteiger partial charge is 0.496 e. The maximum absolute atomic E-state index is 15.5. The van der Waals surface area contributed by atoms with E-state index >= 15 is 4.39 Å². The van der Waals surface area contributed by atoms with Crippen LogP contribution in [0, 0.1) is 5.82 Å². The molecule has 0 aliphatic carbocycles. The second-order valence-corrected chi connectivity index (χ2v) is 12.4. The lowest BCUT2D eigenvalue weighted by Gasteiger charge is -2.23. The molecule has 0 saturated carbocycles. The highest BCUT2D eigenvalue weighted by atomic mass is 35.5. The number of benzene rings is 2. The van der Waals surface area contributed by atoms with Gasteiger partial charge in [-0.1, -0.05) is 47.5 Å². The van der Waals surface area contributed by atoms with Gasteiger partial charge in [-0.25, -0.2) is 9.37 Å². The number of nitrogens with zero attached hydrogens (tertiary/aromatic N) is 2. The van der Waals surface area contributed by atoms with Gasteiger partial charge in [-0.2, -0.15) is 0 Å². The number of ether oxygens (including phenoxy) is 2. The van der Waals surface area contributed by atoms with Crippen LogP contribution >= 0.6 is 23.2 Å². The molecule has 2 aromatic heterocycles. The molecular formula is C35H37Cl2FN6O3. The summed E-state index contributed by atoms with van der Waals surface area (Å²) in [7, 11) is 1.62. The van der Waals surface area contributed by atoms with Crippen molar-refractivity contribution in [3.63, 3.8) is 0 Å². The molecule has 2 aliphatic heterocycles. The Hall–Kier alpha value is -3.80. The standard InChI is InChI=1S/C35H37Cl2FN6O3/c1-46-29-17-21(5-6-22(29)18-39-20-25-7-8-30(45)43-25)34-32(37)27(10-14-40-34)26-3-2-4-28(31(26)36)44-35-33(38)23(9-13-41-35)19-42-24-11-15-47-16-12-24/h2-6,9-10,13-14,17,24-25,39,42H,7-8,11-12,15-16,18-20H2,1H3,(H,41,44)(H,43,45)/t25-/m0/s1. The molecule has 1 atom stereocenters. The summed E-state index contributed by atoms with van der Waals surface area (Å²) in [4.78, 5) is 20.3. The minimum absolute atomic E-state index is 0.0894. The first-order valence-corrected chi connectivity index (χ1v) is 16.5. The summed E-state index contributed by atoms with van der Waals surface area (Å²) >= 11 is 13.9. The maximum Gasteiger partial charge on any atom is 0.220 e. The van der Waals surface area contributed by atoms with Gasteiger partial charge in [-0.15, -0.1) is 0 Å². The topological polar surface area (TPSA) is 109 Å². The molecule has 47 heavy (non-hydrogen) atoms. The van der Waals surface area contributed by atoms with Crippen LogP contribution in [0.3, 0.4) is 0 Å². The molecule has 4 heterocycles. The minimum atomic E-state index is -0.435. The highest BCUT2D eigenvalue weighted by Gasteiger charge is 2.21. The molecule has 0 bridgehead atoms. The lowest BCUT2D eigenvalue weighted by Crippen LogP contribution is -2.35. The highest BCUT2D eigenvalue weighted by Crippen LogP contribution is 2.42. The van der Waals surface area contributed by atoms with Crippen LogP contribution in [0.2, 0.25) is 10.0 Å². The Labute approximate surface area is 283 Å². The van der Waals surface area contributed by atoms with Crippen molar-refractivity contribution in [1.29, 1.82) is 0 Å². The number of hydrogen-bond donors (Lipinski definition) is 4. The van der Waals surface area contributed by atoms with E-state index < -0.39 is 5.82 Å². The molecule has 0 spiro atoms. The fourth-order valence-electron chi connectivity index (χ4n) is 5.93. The molecule has 6 rings (SSSR count). The summed E-state index contributed by atoms with van der Waals surface area (Å²) in [5, 5.41) is 13.7. The summed E-state index contributed by atoms with van der Waals surface area (Å²) in [5.74, 6) is 0.444. The Balaban J connectivity index is 1.19. The van der Waals surface area contributed by atoms with Crippen molar-refractivity contribution in [3.05, 3.63) is 87.9 Å². The molecule has 12 heteroatoms. The number of anilines is 2. The van der Waals surface area contributed by atoms with Crippen molar-refractivity contribution in [1.82, 2.24) is 25.9 Å². The quantitative estimate of drug-likeness (QED) is 0.132. The smallest absolute Gasteiger partial charge is 0.220 e. The number of rotatable bonds is 12. The van der Waals surface area contributed by atoms with Crippen LogP contribution in [0.25, 0.3) is 22.4 Å². The van der Waals surface area contributed by atoms with Crippen LogP contribution in [0.1, 0.15) is 36.8 Å². The van der Waals surface area contributed by atoms with Gasteiger partial charge < -0.3 is 30.7 Å². The number of methoxy groups -OCH3 is 1. The van der Waals surface area contributed by atoms with E-state index in [2.05, 4.69) is 31.2 Å². The fraction of sp³-hybridized carbons (Fsp3) is 0.343. The highest BCUT2D eigenvalue weighted by molar-refractivity contribution is 6.39. The summed E-state index contributed by atoms with van der Waals surface area (Å²) in [6.07, 6.45) is 6.48. The van der Waals surface area contributed by atoms with Crippen molar-refractivity contribution in [2.75, 3.05) is 32.2 Å². The van der Waals surface area contributed by atoms with Gasteiger partial charge in [-0.3, -0.25) is 9.78 Å². The average Bonchev–Trinajstić information content (AvgIpc) is 3.51. The molecule has 4 aromatic rings. The molecule has 1 amide bonds. The number of hydrogen-bond acceptors (Lipinski definition) is 8. The first-order chi connectivity index (χ1) is 22.9. The number of nitrogens with one attached hydrogen (secondary N) is 4. The van der Waals surface area contributed by atoms with Gasteiger partial charge >= 0.3 is 0 Å². The third kappa shape index (κ3) is 7.85. The number of carbonyl (C=O) groups is 1. The van der Waals surface area contributed by atoms with E-state index in [1.807, 2.05) is 30.3 Å². The maximum atomic E-state index is 15.5. The van der Waals surface area contributed by atoms with Crippen molar-refractivity contribution in [3.8, 4) is 28.1 Å². The van der Waals surface area contributed by atoms with E-state index in [1.54, 1.807) is 37.7 Å². The predicted molar refractivity (Wildman–Crippen MR) is 183 cm³/mol. The molecule has 2 aliphatic rings. The second kappa shape index (κ2) is 15.4. The molecule has 2 fully saturated rings. The van der Waals surface area contributed by atoms with E-state index in [4.69, 9.17) is 32.7 Å². The number of carbonyl (C=O) groups excluding carboxylic acids is 1. The normalized spacial score (nSPS) is 16.7. The molecule has 0 unspecified atom stereocenters. The SMILES string of the molecule is COc1cc(-c2nccc(-c3cccc(Nc4nccc(CNC5CCOCC5)c4F)c3Cl)c2Cl)ccc1CNC[C@@H]1CCC(=O)N1. The van der Waals surface area contributed by atoms with Gasteiger partial charge in [0.15, 0.2) is 11.6 Å². The Morgan fingerprint density at radius 3 is 2.57 bits per heavy atom. The minimum Gasteiger partial charge on any atom is -0.496 e. The van der Waals surface area contributed by atoms with Gasteiger partial charge in [-0.05, 0) is 43.5 Å². The first-order valence-electron chi connectivity index (χ1n) is 15.7. The lowest BCUT2D eigenvalue weighted by atomic mass is 10.0. The van der Waals surface area contributed by atoms with E-state index in [0.29, 0.717) is 89.2 Å². The van der Waals surface area contributed by atoms with Gasteiger partial charge in [0.2, 0.25) is 5.91 Å². The zero-order valence-corrected chi connectivity index (χ0v) is 27.6. The zero-order valence-electron chi connectivity index (χ0n) is 26.0. The molecule has 246 valence electrons. The Bertz CT molecular complexity index is 1740. The van der Waals surface area contributed by atoms with Crippen molar-refractivity contribution >= 4 is 40.6 Å². The van der Waals surface area contributed by atoms with Gasteiger partial charge in [0.05, 0.1) is 28.5 Å². The van der Waals surface area contributed by atoms with Gasteiger partial charge in [0.1, 0.15) is 5.75 Å². The van der Waals surface area contributed by atoms with Crippen molar-refractivity contribution in [2.24, 2.45) is 0 Å². The summed E-state index contributed by atoms with van der Waals surface area (Å²) in [6, 6.07) is 15.2. The molecule has 2 aromatic carbocycles. The van der Waals surface area contributed by atoms with Crippen molar-refractivity contribution in [2.45, 2.75) is 50.9 Å². The third-order valence-corrected chi connectivity index (χ3v) is 9.34. The van der Waals surface area contributed by atoms with Crippen LogP contribution in [0.5, 0.6) is 5.75 Å². The van der Waals surface area contributed by atoms with Crippen molar-refractivity contribution < 1.29 is 18.7 Å².